The summed E-state index contributed by atoms with van der Waals surface area (Å²) >= 11 is 0. The zero-order chi connectivity index (χ0) is 20.3. The highest BCUT2D eigenvalue weighted by Crippen LogP contribution is 2.68. The van der Waals surface area contributed by atoms with Crippen LogP contribution < -0.4 is 5.11 Å². The second kappa shape index (κ2) is 7.27. The number of carbonyl (C=O) groups is 1. The van der Waals surface area contributed by atoms with E-state index in [1.54, 1.807) is 0 Å². The number of aliphatic hydroxyl groups is 2. The van der Waals surface area contributed by atoms with Gasteiger partial charge in [-0.15, -0.1) is 0 Å². The molecule has 160 valence electrons. The first kappa shape index (κ1) is 20.7. The molecule has 0 unspecified atom stereocenters. The van der Waals surface area contributed by atoms with E-state index in [1.165, 1.54) is 19.3 Å². The van der Waals surface area contributed by atoms with E-state index < -0.39 is 5.97 Å². The van der Waals surface area contributed by atoms with Gasteiger partial charge in [-0.2, -0.15) is 0 Å². The van der Waals surface area contributed by atoms with Crippen LogP contribution in [0.2, 0.25) is 0 Å². The van der Waals surface area contributed by atoms with Gasteiger partial charge in [-0.25, -0.2) is 0 Å². The van der Waals surface area contributed by atoms with Crippen LogP contribution in [0.3, 0.4) is 0 Å². The molecule has 0 spiro atoms. The maximum atomic E-state index is 11.5. The van der Waals surface area contributed by atoms with Crippen molar-refractivity contribution in [1.82, 2.24) is 0 Å². The molecule has 0 bridgehead atoms. The largest absolute Gasteiger partial charge is 0.550 e. The Morgan fingerprint density at radius 3 is 2.54 bits per heavy atom. The molecule has 0 saturated heterocycles. The molecule has 2 N–H and O–H groups in total. The van der Waals surface area contributed by atoms with Gasteiger partial charge in [-0.05, 0) is 111 Å². The number of rotatable bonds is 4. The van der Waals surface area contributed by atoms with E-state index in [0.717, 1.165) is 32.1 Å². The Bertz CT molecular complexity index is 605. The van der Waals surface area contributed by atoms with Crippen molar-refractivity contribution in [3.05, 3.63) is 0 Å². The SMILES string of the molecule is C[C@H](CCC(=O)[O-])[C@H]1CC[C@@H]2[C@@H]3CC[C@H]4C[C@H](O)CC[C@]4(C)[C@@H]3C[C@H](O)[C@@]21C. The van der Waals surface area contributed by atoms with Crippen molar-refractivity contribution < 1.29 is 20.1 Å². The van der Waals surface area contributed by atoms with Crippen molar-refractivity contribution in [1.29, 1.82) is 0 Å². The normalized spacial score (nSPS) is 51.7. The molecule has 4 fully saturated rings. The number of hydrogen-bond donors (Lipinski definition) is 2. The molecule has 0 aromatic carbocycles. The number of aliphatic carboxylic acids is 1. The molecular weight excluding hydrogens is 352 g/mol. The van der Waals surface area contributed by atoms with E-state index in [9.17, 15) is 20.1 Å². The number of carbonyl (C=O) groups excluding carboxylic acids is 1. The van der Waals surface area contributed by atoms with Gasteiger partial charge in [0.05, 0.1) is 12.2 Å². The standard InChI is InChI=1S/C24H40O4/c1-14(4-9-22(27)28)18-7-8-19-17-6-5-15-12-16(25)10-11-23(15,2)20(17)13-21(26)24(18,19)3/h14-21,25-26H,4-13H2,1-3H3,(H,27,28)/p-1/t14-,15+,16-,17+,18-,19-,20-,21+,23+,24-/m1/s1. The summed E-state index contributed by atoms with van der Waals surface area (Å²) in [6.07, 6.45) is 8.98. The highest BCUT2D eigenvalue weighted by Gasteiger charge is 2.63. The van der Waals surface area contributed by atoms with Gasteiger partial charge in [0.25, 0.3) is 0 Å². The number of carboxylic acid groups (broad SMARTS) is 1. The summed E-state index contributed by atoms with van der Waals surface area (Å²) < 4.78 is 0. The molecule has 0 aromatic heterocycles. The molecule has 28 heavy (non-hydrogen) atoms. The van der Waals surface area contributed by atoms with E-state index in [1.807, 2.05) is 0 Å². The van der Waals surface area contributed by atoms with Crippen LogP contribution in [0.15, 0.2) is 0 Å². The highest BCUT2D eigenvalue weighted by atomic mass is 16.4. The van der Waals surface area contributed by atoms with Crippen LogP contribution in [0.25, 0.3) is 0 Å². The number of hydrogen-bond acceptors (Lipinski definition) is 4. The minimum absolute atomic E-state index is 0.0795. The molecule has 10 atom stereocenters. The maximum absolute atomic E-state index is 11.5. The van der Waals surface area contributed by atoms with Crippen LogP contribution in [0.5, 0.6) is 0 Å². The van der Waals surface area contributed by atoms with Gasteiger partial charge in [0.1, 0.15) is 0 Å². The van der Waals surface area contributed by atoms with E-state index in [4.69, 9.17) is 0 Å². The summed E-state index contributed by atoms with van der Waals surface area (Å²) in [6.45, 7) is 6.94. The quantitative estimate of drug-likeness (QED) is 0.771. The van der Waals surface area contributed by atoms with E-state index in [0.29, 0.717) is 41.9 Å². The number of carboxylic acids is 1. The Kier molecular flexibility index (Phi) is 5.36. The average molecular weight is 392 g/mol. The van der Waals surface area contributed by atoms with Crippen LogP contribution in [0, 0.1) is 46.3 Å². The molecule has 4 saturated carbocycles. The summed E-state index contributed by atoms with van der Waals surface area (Å²) in [4.78, 5) is 10.9. The lowest BCUT2D eigenvalue weighted by Crippen LogP contribution is -2.58. The fraction of sp³-hybridized carbons (Fsp3) is 0.958. The third-order valence-electron chi connectivity index (χ3n) is 10.3. The summed E-state index contributed by atoms with van der Waals surface area (Å²) in [5, 5.41) is 32.6. The zero-order valence-corrected chi connectivity index (χ0v) is 17.9. The average Bonchev–Trinajstić information content (AvgIpc) is 3.00. The smallest absolute Gasteiger partial charge is 0.0602 e. The zero-order valence-electron chi connectivity index (χ0n) is 17.9. The fourth-order valence-electron chi connectivity index (χ4n) is 8.71. The van der Waals surface area contributed by atoms with Crippen molar-refractivity contribution in [2.24, 2.45) is 46.3 Å². The minimum Gasteiger partial charge on any atom is -0.550 e. The monoisotopic (exact) mass is 391 g/mol. The summed E-state index contributed by atoms with van der Waals surface area (Å²) in [6, 6.07) is 0. The molecule has 0 radical (unpaired) electrons. The molecule has 4 nitrogen and oxygen atoms in total. The molecule has 0 amide bonds. The van der Waals surface area contributed by atoms with Crippen LogP contribution >= 0.6 is 0 Å². The first-order valence-electron chi connectivity index (χ1n) is 11.7. The van der Waals surface area contributed by atoms with Crippen molar-refractivity contribution >= 4 is 5.97 Å². The lowest BCUT2D eigenvalue weighted by Gasteiger charge is -2.62. The molecule has 0 aliphatic heterocycles. The van der Waals surface area contributed by atoms with Crippen molar-refractivity contribution in [2.75, 3.05) is 0 Å². The van der Waals surface area contributed by atoms with Crippen LogP contribution in [-0.2, 0) is 4.79 Å². The van der Waals surface area contributed by atoms with Crippen LogP contribution in [0.4, 0.5) is 0 Å². The number of fused-ring (bicyclic) bond motifs is 5. The predicted molar refractivity (Wildman–Crippen MR) is 106 cm³/mol. The van der Waals surface area contributed by atoms with Crippen molar-refractivity contribution in [2.45, 2.75) is 97.2 Å². The summed E-state index contributed by atoms with van der Waals surface area (Å²) in [5.74, 6) is 2.19. The van der Waals surface area contributed by atoms with Gasteiger partial charge in [0.15, 0.2) is 0 Å². The lowest BCUT2D eigenvalue weighted by atomic mass is 9.43. The minimum atomic E-state index is -0.957. The Labute approximate surface area is 170 Å². The first-order chi connectivity index (χ1) is 13.2. The van der Waals surface area contributed by atoms with Crippen LogP contribution in [-0.4, -0.2) is 28.4 Å². The second-order valence-electron chi connectivity index (χ2n) is 11.3. The van der Waals surface area contributed by atoms with Gasteiger partial charge >= 0.3 is 0 Å². The van der Waals surface area contributed by atoms with Gasteiger partial charge in [-0.1, -0.05) is 20.8 Å². The number of aliphatic hydroxyl groups excluding tert-OH is 2. The van der Waals surface area contributed by atoms with Crippen LogP contribution in [0.1, 0.15) is 85.0 Å². The van der Waals surface area contributed by atoms with Gasteiger partial charge in [0, 0.05) is 5.97 Å². The van der Waals surface area contributed by atoms with E-state index in [-0.39, 0.29) is 29.5 Å². The molecular formula is C24H39O4-. The third kappa shape index (κ3) is 3.05. The predicted octanol–water partition coefficient (Wildman–Crippen LogP) is 3.14. The van der Waals surface area contributed by atoms with Gasteiger partial charge < -0.3 is 20.1 Å². The Morgan fingerprint density at radius 1 is 1.07 bits per heavy atom. The van der Waals surface area contributed by atoms with Crippen molar-refractivity contribution in [3.63, 3.8) is 0 Å². The molecule has 4 heteroatoms. The van der Waals surface area contributed by atoms with Crippen molar-refractivity contribution in [3.8, 4) is 0 Å². The summed E-state index contributed by atoms with van der Waals surface area (Å²) in [5.41, 5.74) is 0.188. The first-order valence-corrected chi connectivity index (χ1v) is 11.7. The Balaban J connectivity index is 1.56. The fourth-order valence-corrected chi connectivity index (χ4v) is 8.71. The summed E-state index contributed by atoms with van der Waals surface area (Å²) in [7, 11) is 0. The second-order valence-corrected chi connectivity index (χ2v) is 11.3. The highest BCUT2D eigenvalue weighted by molar-refractivity contribution is 5.64. The van der Waals surface area contributed by atoms with Gasteiger partial charge in [0.2, 0.25) is 0 Å². The Morgan fingerprint density at radius 2 is 1.82 bits per heavy atom. The van der Waals surface area contributed by atoms with Gasteiger partial charge in [-0.3, -0.25) is 0 Å². The lowest BCUT2D eigenvalue weighted by molar-refractivity contribution is -0.306. The maximum Gasteiger partial charge on any atom is 0.0602 e. The molecule has 0 aromatic rings. The molecule has 4 rings (SSSR count). The molecule has 4 aliphatic carbocycles. The van der Waals surface area contributed by atoms with E-state index in [2.05, 4.69) is 20.8 Å². The van der Waals surface area contributed by atoms with E-state index >= 15 is 0 Å². The third-order valence-corrected chi connectivity index (χ3v) is 10.3. The Hall–Kier alpha value is -0.610. The molecule has 4 aliphatic rings. The molecule has 0 heterocycles. The topological polar surface area (TPSA) is 80.6 Å².